The molecule has 7 heteroatoms. The van der Waals surface area contributed by atoms with Crippen LogP contribution in [0.4, 0.5) is 0 Å². The Balaban J connectivity index is 2.10. The fourth-order valence-corrected chi connectivity index (χ4v) is 2.99. The molecule has 0 saturated carbocycles. The van der Waals surface area contributed by atoms with Gasteiger partial charge in [-0.3, -0.25) is 4.57 Å². The van der Waals surface area contributed by atoms with Gasteiger partial charge in [-0.2, -0.15) is 0 Å². The summed E-state index contributed by atoms with van der Waals surface area (Å²) in [4.78, 5) is 4.21. The number of halogens is 3. The van der Waals surface area contributed by atoms with Gasteiger partial charge in [0.25, 0.3) is 0 Å². The number of thioether (sulfide) groups is 1. The van der Waals surface area contributed by atoms with Gasteiger partial charge < -0.3 is 4.74 Å². The summed E-state index contributed by atoms with van der Waals surface area (Å²) < 4.78 is 6.81. The highest BCUT2D eigenvalue weighted by atomic mass is 35.5. The van der Waals surface area contributed by atoms with Crippen molar-refractivity contribution in [3.05, 3.63) is 45.2 Å². The number of imidazole rings is 1. The van der Waals surface area contributed by atoms with Crippen LogP contribution in [0.25, 0.3) is 0 Å². The van der Waals surface area contributed by atoms with Crippen LogP contribution in [-0.2, 0) is 17.2 Å². The fraction of sp³-hybridized carbons (Fsp3) is 0.250. The Hall–Kier alpha value is -0.390. The van der Waals surface area contributed by atoms with Gasteiger partial charge in [0, 0.05) is 17.9 Å². The topological polar surface area (TPSA) is 27.1 Å². The van der Waals surface area contributed by atoms with E-state index in [9.17, 15) is 0 Å². The van der Waals surface area contributed by atoms with Crippen molar-refractivity contribution >= 4 is 46.6 Å². The Morgan fingerprint density at radius 1 is 1.21 bits per heavy atom. The Morgan fingerprint density at radius 2 is 1.89 bits per heavy atom. The van der Waals surface area contributed by atoms with Crippen molar-refractivity contribution in [1.29, 1.82) is 0 Å². The van der Waals surface area contributed by atoms with Crippen molar-refractivity contribution < 1.29 is 4.74 Å². The van der Waals surface area contributed by atoms with Crippen LogP contribution >= 0.6 is 46.6 Å². The molecule has 0 spiro atoms. The zero-order valence-corrected chi connectivity index (χ0v) is 13.2. The summed E-state index contributed by atoms with van der Waals surface area (Å²) in [5.41, 5.74) is 1.15. The van der Waals surface area contributed by atoms with Crippen LogP contribution in [0.2, 0.25) is 15.3 Å². The molecule has 0 amide bonds. The van der Waals surface area contributed by atoms with Crippen molar-refractivity contribution in [3.63, 3.8) is 0 Å². The van der Waals surface area contributed by atoms with Crippen LogP contribution in [0.3, 0.4) is 0 Å². The molecule has 0 atom stereocenters. The van der Waals surface area contributed by atoms with Gasteiger partial charge in [-0.05, 0) is 17.7 Å². The number of ether oxygens (including phenoxy) is 1. The fourth-order valence-electron chi connectivity index (χ4n) is 1.47. The first-order chi connectivity index (χ1) is 9.11. The van der Waals surface area contributed by atoms with Gasteiger partial charge in [0.1, 0.15) is 6.73 Å². The number of nitrogens with zero attached hydrogens (tertiary/aromatic N) is 2. The summed E-state index contributed by atoms with van der Waals surface area (Å²) in [7, 11) is 1.60. The Bertz CT molecular complexity index is 557. The highest BCUT2D eigenvalue weighted by Crippen LogP contribution is 2.30. The van der Waals surface area contributed by atoms with Crippen LogP contribution in [-0.4, -0.2) is 16.7 Å². The molecular weight excluding hydrogens is 327 g/mol. The number of methoxy groups -OCH3 is 1. The Morgan fingerprint density at radius 3 is 2.53 bits per heavy atom. The van der Waals surface area contributed by atoms with Crippen LogP contribution in [0.1, 0.15) is 5.56 Å². The summed E-state index contributed by atoms with van der Waals surface area (Å²) in [5.74, 6) is 0.755. The molecule has 0 aliphatic heterocycles. The summed E-state index contributed by atoms with van der Waals surface area (Å²) in [6.07, 6.45) is 0. The molecule has 0 aliphatic rings. The predicted molar refractivity (Wildman–Crippen MR) is 80.3 cm³/mol. The van der Waals surface area contributed by atoms with Gasteiger partial charge >= 0.3 is 0 Å². The van der Waals surface area contributed by atoms with Gasteiger partial charge in [-0.15, -0.1) is 0 Å². The van der Waals surface area contributed by atoms with E-state index in [1.165, 1.54) is 0 Å². The lowest BCUT2D eigenvalue weighted by molar-refractivity contribution is 0.124. The summed E-state index contributed by atoms with van der Waals surface area (Å²) in [6.45, 7) is 0.321. The van der Waals surface area contributed by atoms with Gasteiger partial charge in [0.2, 0.25) is 0 Å². The number of benzene rings is 1. The monoisotopic (exact) mass is 336 g/mol. The molecule has 2 rings (SSSR count). The van der Waals surface area contributed by atoms with Crippen molar-refractivity contribution in [3.8, 4) is 0 Å². The maximum absolute atomic E-state index is 6.05. The average Bonchev–Trinajstić information content (AvgIpc) is 2.66. The first-order valence-corrected chi connectivity index (χ1v) is 7.51. The summed E-state index contributed by atoms with van der Waals surface area (Å²) in [5, 5.41) is 2.13. The predicted octanol–water partition coefficient (Wildman–Crippen LogP) is 4.74. The minimum absolute atomic E-state index is 0.289. The van der Waals surface area contributed by atoms with E-state index in [-0.39, 0.29) is 5.15 Å². The summed E-state index contributed by atoms with van der Waals surface area (Å²) >= 11 is 19.4. The normalized spacial score (nSPS) is 10.9. The lowest BCUT2D eigenvalue weighted by Gasteiger charge is -2.07. The Kier molecular flexibility index (Phi) is 5.42. The standard InChI is InChI=1S/C12H11Cl3N2OS/c1-18-7-17-11(15)10(14)16-12(17)19-6-8-2-4-9(13)5-3-8/h2-5H,6-7H2,1H3. The highest BCUT2D eigenvalue weighted by molar-refractivity contribution is 7.98. The lowest BCUT2D eigenvalue weighted by atomic mass is 10.2. The zero-order valence-electron chi connectivity index (χ0n) is 10.1. The van der Waals surface area contributed by atoms with E-state index in [0.29, 0.717) is 11.9 Å². The van der Waals surface area contributed by atoms with Crippen LogP contribution in [0.15, 0.2) is 29.4 Å². The second-order valence-corrected chi connectivity index (χ2v) is 5.83. The minimum Gasteiger partial charge on any atom is -0.364 e. The first kappa shape index (κ1) is 15.0. The minimum atomic E-state index is 0.289. The van der Waals surface area contributed by atoms with E-state index >= 15 is 0 Å². The number of rotatable bonds is 5. The molecule has 2 aromatic rings. The smallest absolute Gasteiger partial charge is 0.172 e. The van der Waals surface area contributed by atoms with E-state index in [0.717, 1.165) is 21.5 Å². The molecule has 0 N–H and O–H groups in total. The van der Waals surface area contributed by atoms with Crippen LogP contribution < -0.4 is 0 Å². The first-order valence-electron chi connectivity index (χ1n) is 5.39. The van der Waals surface area contributed by atoms with E-state index in [1.807, 2.05) is 24.3 Å². The zero-order chi connectivity index (χ0) is 13.8. The Labute approximate surface area is 130 Å². The molecule has 1 heterocycles. The van der Waals surface area contributed by atoms with Gasteiger partial charge in [0.15, 0.2) is 15.5 Å². The van der Waals surface area contributed by atoms with Crippen molar-refractivity contribution in [2.45, 2.75) is 17.6 Å². The van der Waals surface area contributed by atoms with Crippen molar-refractivity contribution in [1.82, 2.24) is 9.55 Å². The quantitative estimate of drug-likeness (QED) is 0.737. The molecule has 19 heavy (non-hydrogen) atoms. The third-order valence-electron chi connectivity index (χ3n) is 2.37. The highest BCUT2D eigenvalue weighted by Gasteiger charge is 2.14. The maximum Gasteiger partial charge on any atom is 0.172 e. The average molecular weight is 338 g/mol. The van der Waals surface area contributed by atoms with Crippen molar-refractivity contribution in [2.24, 2.45) is 0 Å². The molecule has 0 fully saturated rings. The SMILES string of the molecule is COCn1c(SCc2ccc(Cl)cc2)nc(Cl)c1Cl. The molecule has 102 valence electrons. The molecule has 0 aliphatic carbocycles. The number of hydrogen-bond donors (Lipinski definition) is 0. The van der Waals surface area contributed by atoms with E-state index in [1.54, 1.807) is 23.4 Å². The molecule has 3 nitrogen and oxygen atoms in total. The summed E-state index contributed by atoms with van der Waals surface area (Å²) in [6, 6.07) is 7.67. The number of aromatic nitrogens is 2. The molecule has 0 radical (unpaired) electrons. The number of hydrogen-bond acceptors (Lipinski definition) is 3. The second-order valence-electron chi connectivity index (χ2n) is 3.74. The van der Waals surface area contributed by atoms with Crippen molar-refractivity contribution in [2.75, 3.05) is 7.11 Å². The second kappa shape index (κ2) is 6.86. The molecule has 1 aromatic heterocycles. The van der Waals surface area contributed by atoms with Gasteiger partial charge in [-0.25, -0.2) is 4.98 Å². The molecule has 0 saturated heterocycles. The van der Waals surface area contributed by atoms with Crippen LogP contribution in [0.5, 0.6) is 0 Å². The largest absolute Gasteiger partial charge is 0.364 e. The van der Waals surface area contributed by atoms with E-state index in [2.05, 4.69) is 4.98 Å². The molecule has 0 unspecified atom stereocenters. The molecule has 0 bridgehead atoms. The van der Waals surface area contributed by atoms with Crippen LogP contribution in [0, 0.1) is 0 Å². The molecular formula is C12H11Cl3N2OS. The van der Waals surface area contributed by atoms with E-state index in [4.69, 9.17) is 39.5 Å². The lowest BCUT2D eigenvalue weighted by Crippen LogP contribution is -2.01. The maximum atomic E-state index is 6.05. The van der Waals surface area contributed by atoms with Gasteiger partial charge in [-0.1, -0.05) is 58.7 Å². The van der Waals surface area contributed by atoms with E-state index < -0.39 is 0 Å². The van der Waals surface area contributed by atoms with Gasteiger partial charge in [0.05, 0.1) is 0 Å². The third-order valence-corrected chi connectivity index (χ3v) is 4.41. The third kappa shape index (κ3) is 3.80. The molecule has 1 aromatic carbocycles.